The molecule has 0 saturated carbocycles. The third-order valence-electron chi connectivity index (χ3n) is 8.79. The lowest BCUT2D eigenvalue weighted by Crippen LogP contribution is -2.53. The van der Waals surface area contributed by atoms with Crippen LogP contribution in [-0.4, -0.2) is 91.6 Å². The highest BCUT2D eigenvalue weighted by Crippen LogP contribution is 2.48. The van der Waals surface area contributed by atoms with Crippen LogP contribution in [0.3, 0.4) is 0 Å². The van der Waals surface area contributed by atoms with E-state index in [1.54, 1.807) is 33.2 Å². The molecule has 14 heteroatoms. The van der Waals surface area contributed by atoms with Crippen LogP contribution in [0.1, 0.15) is 45.6 Å². The predicted molar refractivity (Wildman–Crippen MR) is 173 cm³/mol. The second-order valence-corrected chi connectivity index (χ2v) is 13.1. The number of epoxide rings is 1. The van der Waals surface area contributed by atoms with Gasteiger partial charge in [-0.2, -0.15) is 12.6 Å². The van der Waals surface area contributed by atoms with Gasteiger partial charge in [-0.05, 0) is 38.0 Å². The van der Waals surface area contributed by atoms with Gasteiger partial charge in [0.05, 0.1) is 43.9 Å². The summed E-state index contributed by atoms with van der Waals surface area (Å²) in [6.45, 7) is 5.54. The largest absolute Gasteiger partial charge is 0.495 e. The van der Waals surface area contributed by atoms with Gasteiger partial charge in [0.2, 0.25) is 5.91 Å². The van der Waals surface area contributed by atoms with Crippen molar-refractivity contribution in [2.24, 2.45) is 5.92 Å². The van der Waals surface area contributed by atoms with Gasteiger partial charge in [0.25, 0.3) is 0 Å². The maximum Gasteiger partial charge on any atom is 0.407 e. The zero-order valence-electron chi connectivity index (χ0n) is 26.7. The van der Waals surface area contributed by atoms with E-state index >= 15 is 0 Å². The summed E-state index contributed by atoms with van der Waals surface area (Å²) in [5.74, 6) is -2.56. The summed E-state index contributed by atoms with van der Waals surface area (Å²) in [6, 6.07) is 3.20. The second kappa shape index (κ2) is 14.7. The zero-order chi connectivity index (χ0) is 33.9. The van der Waals surface area contributed by atoms with Crippen LogP contribution >= 0.6 is 24.2 Å². The smallest absolute Gasteiger partial charge is 0.407 e. The Kier molecular flexibility index (Phi) is 11.3. The lowest BCUT2D eigenvalue weighted by atomic mass is 9.84. The summed E-state index contributed by atoms with van der Waals surface area (Å²) in [4.78, 5) is 52.1. The molecule has 8 atom stereocenters. The van der Waals surface area contributed by atoms with Crippen molar-refractivity contribution in [1.29, 1.82) is 0 Å². The number of rotatable bonds is 6. The third kappa shape index (κ3) is 7.99. The summed E-state index contributed by atoms with van der Waals surface area (Å²) in [5.41, 5.74) is 1.08. The lowest BCUT2D eigenvalue weighted by Gasteiger charge is -2.36. The fourth-order valence-corrected chi connectivity index (χ4v) is 6.47. The maximum atomic E-state index is 13.8. The van der Waals surface area contributed by atoms with Crippen LogP contribution in [0.25, 0.3) is 0 Å². The molecule has 3 aliphatic heterocycles. The molecule has 0 aliphatic carbocycles. The number of hydrogen-bond donors (Lipinski definition) is 3. The highest BCUT2D eigenvalue weighted by Gasteiger charge is 2.63. The molecule has 2 N–H and O–H groups in total. The third-order valence-corrected chi connectivity index (χ3v) is 9.57. The fourth-order valence-electron chi connectivity index (χ4n) is 6.00. The molecule has 0 aromatic heterocycles. The number of anilines is 1. The van der Waals surface area contributed by atoms with Crippen molar-refractivity contribution in [2.45, 2.75) is 87.8 Å². The molecule has 2 amide bonds. The first-order valence-electron chi connectivity index (χ1n) is 14.9. The molecular weight excluding hydrogens is 640 g/mol. The van der Waals surface area contributed by atoms with Crippen LogP contribution in [0.5, 0.6) is 5.75 Å². The Morgan fingerprint density at radius 3 is 2.65 bits per heavy atom. The highest BCUT2D eigenvalue weighted by molar-refractivity contribution is 7.81. The minimum absolute atomic E-state index is 0.229. The number of fused-ring (bicyclic) bond motifs is 5. The summed E-state index contributed by atoms with van der Waals surface area (Å²) in [7, 11) is 4.61. The Hall–Kier alpha value is -3.26. The number of aliphatic carboxylic acids is 1. The molecule has 46 heavy (non-hydrogen) atoms. The molecule has 1 aromatic carbocycles. The van der Waals surface area contributed by atoms with Gasteiger partial charge in [-0.25, -0.2) is 4.79 Å². The molecule has 4 rings (SSSR count). The molecule has 3 aliphatic rings. The van der Waals surface area contributed by atoms with E-state index < -0.39 is 71.7 Å². The number of alkyl carbamates (subject to hydrolysis) is 1. The monoisotopic (exact) mass is 680 g/mol. The molecular formula is C32H41ClN2O10S. The molecule has 8 unspecified atom stereocenters. The minimum atomic E-state index is -1.29. The molecule has 12 nitrogen and oxygen atoms in total. The Bertz CT molecular complexity index is 1420. The molecule has 4 bridgehead atoms. The fraction of sp³-hybridized carbons (Fsp3) is 0.562. The Labute approximate surface area is 278 Å². The molecule has 1 aromatic rings. The summed E-state index contributed by atoms with van der Waals surface area (Å²) < 4.78 is 28.8. The second-order valence-electron chi connectivity index (χ2n) is 12.1. The number of methoxy groups -OCH3 is 2. The van der Waals surface area contributed by atoms with Gasteiger partial charge >= 0.3 is 18.0 Å². The van der Waals surface area contributed by atoms with E-state index in [-0.39, 0.29) is 17.4 Å². The van der Waals surface area contributed by atoms with Crippen LogP contribution in [0.15, 0.2) is 35.9 Å². The number of carbonyl (C=O) groups is 4. The average Bonchev–Trinajstić information content (AvgIpc) is 3.70. The number of thiol groups is 1. The SMILES string of the molecule is COc1cc2cc(c1Cl)N(C)C(=O)CC(OC(=O)CC(S)C(=O)O)C1(C)OC1C(C)C1CC(NC(=O)O1)C(OC)C=CC=C(C)C2. The summed E-state index contributed by atoms with van der Waals surface area (Å²) >= 11 is 10.6. The molecule has 2 saturated heterocycles. The summed E-state index contributed by atoms with van der Waals surface area (Å²) in [5, 5.41) is 11.0. The number of esters is 1. The van der Waals surface area contributed by atoms with Crippen LogP contribution in [-0.2, 0) is 39.8 Å². The predicted octanol–water partition coefficient (Wildman–Crippen LogP) is 4.12. The van der Waals surface area contributed by atoms with Gasteiger partial charge in [-0.3, -0.25) is 14.4 Å². The van der Waals surface area contributed by atoms with Gasteiger partial charge in [0, 0.05) is 26.5 Å². The normalized spacial score (nSPS) is 30.7. The number of nitrogens with zero attached hydrogens (tertiary/aromatic N) is 1. The van der Waals surface area contributed by atoms with E-state index in [2.05, 4.69) is 17.9 Å². The molecule has 0 spiro atoms. The number of halogens is 1. The number of hydrogen-bond acceptors (Lipinski definition) is 10. The Balaban J connectivity index is 1.75. The van der Waals surface area contributed by atoms with E-state index in [4.69, 9.17) is 35.3 Å². The number of ether oxygens (including phenoxy) is 5. The highest BCUT2D eigenvalue weighted by atomic mass is 35.5. The van der Waals surface area contributed by atoms with Crippen LogP contribution in [0.4, 0.5) is 10.5 Å². The van der Waals surface area contributed by atoms with Crippen LogP contribution < -0.4 is 15.0 Å². The molecule has 252 valence electrons. The van der Waals surface area contributed by atoms with Crippen molar-refractivity contribution in [3.05, 3.63) is 46.5 Å². The van der Waals surface area contributed by atoms with Crippen molar-refractivity contribution < 1.29 is 48.0 Å². The number of allylic oxidation sites excluding steroid dienone is 3. The molecule has 3 heterocycles. The Morgan fingerprint density at radius 2 is 2.00 bits per heavy atom. The van der Waals surface area contributed by atoms with E-state index in [0.717, 1.165) is 11.1 Å². The van der Waals surface area contributed by atoms with Crippen LogP contribution in [0, 0.1) is 5.92 Å². The number of carbonyl (C=O) groups excluding carboxylic acids is 3. The van der Waals surface area contributed by atoms with Gasteiger partial charge in [0.15, 0.2) is 0 Å². The number of nitrogens with one attached hydrogen (secondary N) is 1. The van der Waals surface area contributed by atoms with Crippen molar-refractivity contribution in [1.82, 2.24) is 5.32 Å². The first-order valence-corrected chi connectivity index (χ1v) is 15.8. The average molecular weight is 681 g/mol. The van der Waals surface area contributed by atoms with Gasteiger partial charge in [-0.1, -0.05) is 42.3 Å². The van der Waals surface area contributed by atoms with Gasteiger partial charge in [0.1, 0.15) is 33.8 Å². The lowest BCUT2D eigenvalue weighted by molar-refractivity contribution is -0.155. The Morgan fingerprint density at radius 1 is 1.28 bits per heavy atom. The summed E-state index contributed by atoms with van der Waals surface area (Å²) in [6.07, 6.45) is 2.48. The van der Waals surface area contributed by atoms with E-state index in [9.17, 15) is 24.3 Å². The van der Waals surface area contributed by atoms with Gasteiger partial charge in [-0.15, -0.1) is 0 Å². The standard InChI is InChI=1S/C32H41ClN2O10S/c1-16-8-7-9-21(41-5)19-13-22(43-31(40)34-19)17(2)29-32(3,45-29)25(44-27(37)14-24(46)30(38)39)15-26(36)35(4)20-11-18(10-16)12-23(42-6)28(20)33/h7-9,11-12,17,19,21-22,24-25,29,46H,10,13-15H2,1-6H3,(H,34,40)(H,38,39). The van der Waals surface area contributed by atoms with Crippen molar-refractivity contribution in [3.8, 4) is 5.75 Å². The van der Waals surface area contributed by atoms with E-state index in [1.807, 2.05) is 32.1 Å². The first-order chi connectivity index (χ1) is 21.7. The zero-order valence-corrected chi connectivity index (χ0v) is 28.3. The minimum Gasteiger partial charge on any atom is -0.495 e. The molecule has 2 fully saturated rings. The quantitative estimate of drug-likeness (QED) is 0.227. The van der Waals surface area contributed by atoms with E-state index in [1.165, 1.54) is 12.0 Å². The van der Waals surface area contributed by atoms with E-state index in [0.29, 0.717) is 24.3 Å². The number of benzene rings is 1. The van der Waals surface area contributed by atoms with Gasteiger partial charge < -0.3 is 39.0 Å². The van der Waals surface area contributed by atoms with Crippen molar-refractivity contribution in [2.75, 3.05) is 26.2 Å². The van der Waals surface area contributed by atoms with Crippen LogP contribution in [0.2, 0.25) is 5.02 Å². The topological polar surface area (TPSA) is 153 Å². The number of amides is 2. The van der Waals surface area contributed by atoms with Crippen molar-refractivity contribution >= 4 is 53.9 Å². The molecule has 0 radical (unpaired) electrons. The van der Waals surface area contributed by atoms with Crippen molar-refractivity contribution in [3.63, 3.8) is 0 Å². The maximum absolute atomic E-state index is 13.8. The number of carboxylic acid groups (broad SMARTS) is 1. The number of carboxylic acids is 1. The first kappa shape index (κ1) is 35.6.